The van der Waals surface area contributed by atoms with Gasteiger partial charge in [0.05, 0.1) is 22.1 Å². The Bertz CT molecular complexity index is 2780. The summed E-state index contributed by atoms with van der Waals surface area (Å²) in [7, 11) is 0. The van der Waals surface area contributed by atoms with Gasteiger partial charge in [0.15, 0.2) is 11.6 Å². The molecule has 7 aromatic carbocycles. The third kappa shape index (κ3) is 4.36. The smallest absolute Gasteiger partial charge is 0.238 e. The highest BCUT2D eigenvalue weighted by atomic mass is 15.2. The van der Waals surface area contributed by atoms with Gasteiger partial charge in [-0.1, -0.05) is 152 Å². The molecule has 0 aliphatic rings. The van der Waals surface area contributed by atoms with E-state index in [1.165, 1.54) is 0 Å². The van der Waals surface area contributed by atoms with E-state index in [1.54, 1.807) is 0 Å². The van der Waals surface area contributed by atoms with E-state index >= 15 is 0 Å². The lowest BCUT2D eigenvalue weighted by molar-refractivity contribution is 0.955. The van der Waals surface area contributed by atoms with E-state index in [2.05, 4.69) is 112 Å². The maximum atomic E-state index is 5.45. The second kappa shape index (κ2) is 11.4. The van der Waals surface area contributed by atoms with Gasteiger partial charge in [-0.05, 0) is 18.2 Å². The molecule has 3 heterocycles. The summed E-state index contributed by atoms with van der Waals surface area (Å²) in [5, 5.41) is 4.33. The minimum Gasteiger partial charge on any atom is -0.292 e. The number of rotatable bonds is 5. The summed E-state index contributed by atoms with van der Waals surface area (Å²) >= 11 is 0. The van der Waals surface area contributed by atoms with Crippen molar-refractivity contribution in [3.8, 4) is 45.8 Å². The number of nitrogens with zero attached hydrogens (tertiary/aromatic N) is 6. The maximum Gasteiger partial charge on any atom is 0.238 e. The third-order valence-electron chi connectivity index (χ3n) is 9.36. The van der Waals surface area contributed by atoms with Crippen LogP contribution in [-0.4, -0.2) is 29.1 Å². The Morgan fingerprint density at radius 1 is 0.360 bits per heavy atom. The SMILES string of the molecule is c1ccc(-c2nc(-c3ccccc3)nc(-n3c4ccccc4c4c5c(nc(-c6ccccc6)n5-c5ccccc5)c5ccccc5c43)n2)cc1. The molecule has 0 unspecified atom stereocenters. The quantitative estimate of drug-likeness (QED) is 0.188. The number of benzene rings is 7. The third-order valence-corrected chi connectivity index (χ3v) is 9.36. The fraction of sp³-hybridized carbons (Fsp3) is 0. The summed E-state index contributed by atoms with van der Waals surface area (Å²) < 4.78 is 4.53. The van der Waals surface area contributed by atoms with Crippen LogP contribution in [0.25, 0.3) is 89.4 Å². The minimum atomic E-state index is 0.558. The topological polar surface area (TPSA) is 61.4 Å². The molecule has 0 amide bonds. The highest BCUT2D eigenvalue weighted by molar-refractivity contribution is 6.31. The molecule has 0 saturated carbocycles. The zero-order chi connectivity index (χ0) is 33.0. The molecule has 0 N–H and O–H groups in total. The van der Waals surface area contributed by atoms with Crippen LogP contribution in [0.15, 0.2) is 170 Å². The Morgan fingerprint density at radius 2 is 0.860 bits per heavy atom. The van der Waals surface area contributed by atoms with Gasteiger partial charge in [-0.2, -0.15) is 9.97 Å². The number of hydrogen-bond donors (Lipinski definition) is 0. The molecular formula is C44H28N6. The van der Waals surface area contributed by atoms with Gasteiger partial charge in [0, 0.05) is 43.9 Å². The van der Waals surface area contributed by atoms with Crippen LogP contribution in [0.4, 0.5) is 0 Å². The van der Waals surface area contributed by atoms with Crippen molar-refractivity contribution < 1.29 is 0 Å². The van der Waals surface area contributed by atoms with Gasteiger partial charge in [-0.25, -0.2) is 9.97 Å². The van der Waals surface area contributed by atoms with E-state index in [0.29, 0.717) is 17.6 Å². The van der Waals surface area contributed by atoms with Crippen LogP contribution in [0.3, 0.4) is 0 Å². The second-order valence-electron chi connectivity index (χ2n) is 12.3. The van der Waals surface area contributed by atoms with Gasteiger partial charge in [-0.3, -0.25) is 9.13 Å². The van der Waals surface area contributed by atoms with Crippen LogP contribution in [0.2, 0.25) is 0 Å². The van der Waals surface area contributed by atoms with Crippen molar-refractivity contribution in [1.82, 2.24) is 29.1 Å². The lowest BCUT2D eigenvalue weighted by Crippen LogP contribution is -2.06. The molecule has 0 saturated heterocycles. The monoisotopic (exact) mass is 640 g/mol. The Balaban J connectivity index is 1.41. The second-order valence-corrected chi connectivity index (χ2v) is 12.3. The van der Waals surface area contributed by atoms with Crippen molar-refractivity contribution in [1.29, 1.82) is 0 Å². The molecular weight excluding hydrogens is 613 g/mol. The summed E-state index contributed by atoms with van der Waals surface area (Å²) in [6.07, 6.45) is 0. The lowest BCUT2D eigenvalue weighted by atomic mass is 10.0. The standard InChI is InChI=1S/C44H28N6/c1-5-17-29(18-6-1)41-46-42(30-19-7-2-8-20-30)48-44(47-41)50-36-28-16-15-27-35(36)37-39(50)34-26-14-13-25-33(34)38-40(37)49(32-23-11-4-12-24-32)43(45-38)31-21-9-3-10-22-31/h1-28H. The molecule has 6 heteroatoms. The summed E-state index contributed by atoms with van der Waals surface area (Å²) in [6.45, 7) is 0. The van der Waals surface area contributed by atoms with E-state index in [0.717, 1.165) is 71.8 Å². The first-order valence-corrected chi connectivity index (χ1v) is 16.7. The van der Waals surface area contributed by atoms with Crippen LogP contribution >= 0.6 is 0 Å². The molecule has 0 atom stereocenters. The fourth-order valence-electron chi connectivity index (χ4n) is 7.18. The molecule has 50 heavy (non-hydrogen) atoms. The molecule has 6 nitrogen and oxygen atoms in total. The summed E-state index contributed by atoms with van der Waals surface area (Å²) in [4.78, 5) is 20.9. The first-order valence-electron chi connectivity index (χ1n) is 16.7. The average Bonchev–Trinajstić information content (AvgIpc) is 3.77. The predicted molar refractivity (Wildman–Crippen MR) is 203 cm³/mol. The van der Waals surface area contributed by atoms with Gasteiger partial charge < -0.3 is 0 Å². The van der Waals surface area contributed by atoms with Gasteiger partial charge in [0.25, 0.3) is 0 Å². The van der Waals surface area contributed by atoms with Gasteiger partial charge in [-0.15, -0.1) is 0 Å². The van der Waals surface area contributed by atoms with Crippen molar-refractivity contribution >= 4 is 43.6 Å². The molecule has 3 aromatic heterocycles. The van der Waals surface area contributed by atoms with E-state index in [1.807, 2.05) is 66.7 Å². The number of para-hydroxylation sites is 2. The van der Waals surface area contributed by atoms with Crippen molar-refractivity contribution in [2.75, 3.05) is 0 Å². The van der Waals surface area contributed by atoms with Crippen LogP contribution in [-0.2, 0) is 0 Å². The van der Waals surface area contributed by atoms with E-state index in [9.17, 15) is 0 Å². The van der Waals surface area contributed by atoms with Crippen molar-refractivity contribution in [2.24, 2.45) is 0 Å². The van der Waals surface area contributed by atoms with Crippen molar-refractivity contribution in [2.45, 2.75) is 0 Å². The summed E-state index contributed by atoms with van der Waals surface area (Å²) in [6, 6.07) is 58.3. The molecule has 0 aliphatic carbocycles. The normalized spacial score (nSPS) is 11.6. The highest BCUT2D eigenvalue weighted by Gasteiger charge is 2.26. The average molecular weight is 641 g/mol. The molecule has 0 radical (unpaired) electrons. The zero-order valence-electron chi connectivity index (χ0n) is 26.8. The van der Waals surface area contributed by atoms with Gasteiger partial charge >= 0.3 is 0 Å². The van der Waals surface area contributed by atoms with Crippen LogP contribution in [0.1, 0.15) is 0 Å². The highest BCUT2D eigenvalue weighted by Crippen LogP contribution is 2.44. The van der Waals surface area contributed by atoms with Crippen LogP contribution in [0, 0.1) is 0 Å². The number of hydrogen-bond acceptors (Lipinski definition) is 4. The van der Waals surface area contributed by atoms with Gasteiger partial charge in [0.1, 0.15) is 5.82 Å². The van der Waals surface area contributed by atoms with Crippen molar-refractivity contribution in [3.63, 3.8) is 0 Å². The first-order chi connectivity index (χ1) is 24.8. The lowest BCUT2D eigenvalue weighted by Gasteiger charge is -2.13. The Kier molecular flexibility index (Phi) is 6.39. The van der Waals surface area contributed by atoms with E-state index in [4.69, 9.17) is 19.9 Å². The number of imidazole rings is 1. The Labute approximate surface area is 287 Å². The summed E-state index contributed by atoms with van der Waals surface area (Å²) in [5.74, 6) is 2.68. The fourth-order valence-corrected chi connectivity index (χ4v) is 7.18. The maximum absolute atomic E-state index is 5.45. The summed E-state index contributed by atoms with van der Waals surface area (Å²) in [5.41, 5.74) is 7.96. The van der Waals surface area contributed by atoms with Gasteiger partial charge in [0.2, 0.25) is 5.95 Å². The molecule has 0 fully saturated rings. The number of aromatic nitrogens is 6. The molecule has 0 spiro atoms. The Hall–Kier alpha value is -6.92. The largest absolute Gasteiger partial charge is 0.292 e. The molecule has 0 aliphatic heterocycles. The van der Waals surface area contributed by atoms with E-state index in [-0.39, 0.29) is 0 Å². The number of fused-ring (bicyclic) bond motifs is 8. The minimum absolute atomic E-state index is 0.558. The molecule has 0 bridgehead atoms. The van der Waals surface area contributed by atoms with Crippen LogP contribution in [0.5, 0.6) is 0 Å². The molecule has 234 valence electrons. The molecule has 10 aromatic rings. The van der Waals surface area contributed by atoms with Crippen LogP contribution < -0.4 is 0 Å². The molecule has 10 rings (SSSR count). The van der Waals surface area contributed by atoms with E-state index < -0.39 is 0 Å². The predicted octanol–water partition coefficient (Wildman–Crippen LogP) is 10.5. The zero-order valence-corrected chi connectivity index (χ0v) is 26.8. The Morgan fingerprint density at radius 3 is 1.48 bits per heavy atom. The first kappa shape index (κ1) is 28.1. The van der Waals surface area contributed by atoms with Crippen molar-refractivity contribution in [3.05, 3.63) is 170 Å².